The Morgan fingerprint density at radius 1 is 1.24 bits per heavy atom. The number of ether oxygens (including phenoxy) is 2. The summed E-state index contributed by atoms with van der Waals surface area (Å²) in [6, 6.07) is 4.48. The highest BCUT2D eigenvalue weighted by Crippen LogP contribution is 2.29. The summed E-state index contributed by atoms with van der Waals surface area (Å²) in [4.78, 5) is 22.6. The molecular weight excluding hydrogens is 276 g/mol. The Labute approximate surface area is 123 Å². The van der Waals surface area contributed by atoms with Crippen LogP contribution in [0.1, 0.15) is 13.3 Å². The molecule has 0 bridgehead atoms. The summed E-state index contributed by atoms with van der Waals surface area (Å²) in [6.45, 7) is 1.83. The van der Waals surface area contributed by atoms with E-state index in [1.807, 2.05) is 0 Å². The van der Waals surface area contributed by atoms with Crippen LogP contribution in [0.25, 0.3) is 0 Å². The van der Waals surface area contributed by atoms with Crippen LogP contribution < -0.4 is 20.1 Å². The zero-order valence-corrected chi connectivity index (χ0v) is 12.3. The molecule has 0 aromatic heterocycles. The lowest BCUT2D eigenvalue weighted by atomic mass is 10.1. The van der Waals surface area contributed by atoms with Crippen molar-refractivity contribution >= 4 is 17.7 Å². The van der Waals surface area contributed by atoms with Gasteiger partial charge in [0.1, 0.15) is 0 Å². The number of carbonyl (C=O) groups excluding carboxylic acids is 1. The molecule has 0 aliphatic rings. The predicted octanol–water partition coefficient (Wildman–Crippen LogP) is 1.94. The highest BCUT2D eigenvalue weighted by Gasteiger charge is 2.16. The molecule has 2 amide bonds. The van der Waals surface area contributed by atoms with Crippen molar-refractivity contribution in [1.82, 2.24) is 5.32 Å². The second-order valence-electron chi connectivity index (χ2n) is 4.35. The smallest absolute Gasteiger partial charge is 0.319 e. The molecule has 7 heteroatoms. The first-order chi connectivity index (χ1) is 10.0. The van der Waals surface area contributed by atoms with E-state index in [0.29, 0.717) is 23.6 Å². The third-order valence-corrected chi connectivity index (χ3v) is 2.99. The lowest BCUT2D eigenvalue weighted by Crippen LogP contribution is -2.35. The summed E-state index contributed by atoms with van der Waals surface area (Å²) < 4.78 is 10.2. The van der Waals surface area contributed by atoms with Gasteiger partial charge in [0.05, 0.1) is 20.1 Å². The van der Waals surface area contributed by atoms with Crippen molar-refractivity contribution in [3.8, 4) is 11.5 Å². The molecule has 0 fully saturated rings. The van der Waals surface area contributed by atoms with E-state index in [1.54, 1.807) is 25.1 Å². The van der Waals surface area contributed by atoms with Crippen molar-refractivity contribution in [2.45, 2.75) is 13.3 Å². The number of rotatable bonds is 7. The first-order valence-electron chi connectivity index (χ1n) is 6.51. The minimum absolute atomic E-state index is 0.0744. The van der Waals surface area contributed by atoms with E-state index >= 15 is 0 Å². The van der Waals surface area contributed by atoms with Gasteiger partial charge in [-0.2, -0.15) is 0 Å². The molecule has 1 rings (SSSR count). The molecule has 1 atom stereocenters. The molecule has 7 nitrogen and oxygen atoms in total. The zero-order chi connectivity index (χ0) is 15.8. The van der Waals surface area contributed by atoms with Crippen molar-refractivity contribution < 1.29 is 24.2 Å². The fourth-order valence-corrected chi connectivity index (χ4v) is 1.71. The lowest BCUT2D eigenvalue weighted by molar-refractivity contribution is -0.141. The minimum atomic E-state index is -0.927. The molecule has 0 heterocycles. The van der Waals surface area contributed by atoms with Gasteiger partial charge in [0.2, 0.25) is 0 Å². The molecule has 0 spiro atoms. The maximum Gasteiger partial charge on any atom is 0.319 e. The van der Waals surface area contributed by atoms with Crippen molar-refractivity contribution in [2.24, 2.45) is 5.92 Å². The SMILES string of the molecule is CCC(CNC(=O)Nc1ccc(OC)c(OC)c1)C(=O)O. The van der Waals surface area contributed by atoms with Gasteiger partial charge in [-0.1, -0.05) is 6.92 Å². The number of carbonyl (C=O) groups is 2. The second kappa shape index (κ2) is 7.98. The first kappa shape index (κ1) is 16.6. The molecule has 0 saturated heterocycles. The summed E-state index contributed by atoms with van der Waals surface area (Å²) in [6.07, 6.45) is 0.450. The van der Waals surface area contributed by atoms with E-state index < -0.39 is 17.9 Å². The molecule has 3 N–H and O–H groups in total. The van der Waals surface area contributed by atoms with Crippen LogP contribution in [0.2, 0.25) is 0 Å². The summed E-state index contributed by atoms with van der Waals surface area (Å²) >= 11 is 0. The molecule has 1 aromatic carbocycles. The number of benzene rings is 1. The van der Waals surface area contributed by atoms with E-state index in [-0.39, 0.29) is 6.54 Å². The first-order valence-corrected chi connectivity index (χ1v) is 6.51. The molecule has 0 radical (unpaired) electrons. The highest BCUT2D eigenvalue weighted by atomic mass is 16.5. The van der Waals surface area contributed by atoms with Crippen LogP contribution in [0, 0.1) is 5.92 Å². The monoisotopic (exact) mass is 296 g/mol. The van der Waals surface area contributed by atoms with E-state index in [2.05, 4.69) is 10.6 Å². The Morgan fingerprint density at radius 3 is 2.43 bits per heavy atom. The standard InChI is InChI=1S/C14H20N2O5/c1-4-9(13(17)18)8-15-14(19)16-10-5-6-11(20-2)12(7-10)21-3/h5-7,9H,4,8H2,1-3H3,(H,17,18)(H2,15,16,19). The minimum Gasteiger partial charge on any atom is -0.493 e. The summed E-state index contributed by atoms with van der Waals surface area (Å²) in [5.74, 6) is -0.474. The number of nitrogens with one attached hydrogen (secondary N) is 2. The molecule has 0 aliphatic carbocycles. The molecular formula is C14H20N2O5. The average molecular weight is 296 g/mol. The van der Waals surface area contributed by atoms with Gasteiger partial charge in [0.15, 0.2) is 11.5 Å². The van der Waals surface area contributed by atoms with E-state index in [1.165, 1.54) is 14.2 Å². The van der Waals surface area contributed by atoms with Crippen molar-refractivity contribution in [3.05, 3.63) is 18.2 Å². The number of hydrogen-bond acceptors (Lipinski definition) is 4. The van der Waals surface area contributed by atoms with Crippen molar-refractivity contribution in [2.75, 3.05) is 26.1 Å². The fraction of sp³-hybridized carbons (Fsp3) is 0.429. The highest BCUT2D eigenvalue weighted by molar-refractivity contribution is 5.90. The molecule has 0 saturated carbocycles. The van der Waals surface area contributed by atoms with Gasteiger partial charge >= 0.3 is 12.0 Å². The van der Waals surface area contributed by atoms with Crippen LogP contribution in [0.3, 0.4) is 0 Å². The Balaban J connectivity index is 2.60. The maximum atomic E-state index is 11.7. The van der Waals surface area contributed by atoms with Crippen LogP contribution in [-0.2, 0) is 4.79 Å². The van der Waals surface area contributed by atoms with Crippen LogP contribution in [0.15, 0.2) is 18.2 Å². The number of amides is 2. The zero-order valence-electron chi connectivity index (χ0n) is 12.3. The Bertz CT molecular complexity index is 504. The van der Waals surface area contributed by atoms with Gasteiger partial charge in [0, 0.05) is 18.3 Å². The second-order valence-corrected chi connectivity index (χ2v) is 4.35. The fourth-order valence-electron chi connectivity index (χ4n) is 1.71. The van der Waals surface area contributed by atoms with Crippen molar-refractivity contribution in [3.63, 3.8) is 0 Å². The summed E-state index contributed by atoms with van der Waals surface area (Å²) in [5, 5.41) is 14.0. The van der Waals surface area contributed by atoms with Crippen LogP contribution >= 0.6 is 0 Å². The largest absolute Gasteiger partial charge is 0.493 e. The lowest BCUT2D eigenvalue weighted by Gasteiger charge is -2.13. The number of carboxylic acids is 1. The average Bonchev–Trinajstić information content (AvgIpc) is 2.47. The van der Waals surface area contributed by atoms with E-state index in [0.717, 1.165) is 0 Å². The molecule has 21 heavy (non-hydrogen) atoms. The predicted molar refractivity (Wildman–Crippen MR) is 78.0 cm³/mol. The quantitative estimate of drug-likeness (QED) is 0.714. The summed E-state index contributed by atoms with van der Waals surface area (Å²) in [7, 11) is 3.02. The number of hydrogen-bond donors (Lipinski definition) is 3. The topological polar surface area (TPSA) is 96.9 Å². The van der Waals surface area contributed by atoms with Gasteiger partial charge in [-0.15, -0.1) is 0 Å². The van der Waals surface area contributed by atoms with Gasteiger partial charge in [0.25, 0.3) is 0 Å². The van der Waals surface area contributed by atoms with E-state index in [4.69, 9.17) is 14.6 Å². The van der Waals surface area contributed by atoms with Gasteiger partial charge in [-0.25, -0.2) is 4.79 Å². The van der Waals surface area contributed by atoms with Gasteiger partial charge < -0.3 is 25.2 Å². The van der Waals surface area contributed by atoms with Crippen molar-refractivity contribution in [1.29, 1.82) is 0 Å². The number of aliphatic carboxylic acids is 1. The van der Waals surface area contributed by atoms with Crippen LogP contribution in [0.5, 0.6) is 11.5 Å². The van der Waals surface area contributed by atoms with Crippen LogP contribution in [-0.4, -0.2) is 37.9 Å². The molecule has 1 unspecified atom stereocenters. The van der Waals surface area contributed by atoms with E-state index in [9.17, 15) is 9.59 Å². The Morgan fingerprint density at radius 2 is 1.90 bits per heavy atom. The van der Waals surface area contributed by atoms with Crippen LogP contribution in [0.4, 0.5) is 10.5 Å². The van der Waals surface area contributed by atoms with Gasteiger partial charge in [-0.3, -0.25) is 4.79 Å². The maximum absolute atomic E-state index is 11.7. The number of carboxylic acid groups (broad SMARTS) is 1. The number of methoxy groups -OCH3 is 2. The Hall–Kier alpha value is -2.44. The third-order valence-electron chi connectivity index (χ3n) is 2.99. The molecule has 116 valence electrons. The molecule has 0 aliphatic heterocycles. The Kier molecular flexibility index (Phi) is 6.32. The number of anilines is 1. The summed E-state index contributed by atoms with van der Waals surface area (Å²) in [5.41, 5.74) is 0.522. The van der Waals surface area contributed by atoms with Gasteiger partial charge in [-0.05, 0) is 18.6 Å². The number of urea groups is 1. The third kappa shape index (κ3) is 4.87. The normalized spacial score (nSPS) is 11.4. The molecule has 1 aromatic rings.